The number of alkyl halides is 7. The van der Waals surface area contributed by atoms with Crippen molar-refractivity contribution in [3.8, 4) is 0 Å². The molecule has 128 valence electrons. The molecule has 0 saturated heterocycles. The molecule has 1 rings (SSSR count). The standard InChI is InChI=1S/C10H4ClF7N2O3/c11-5-2-1-4(20(22)23)3-6(5)19-7(21)8(12,9(13,14)15)10(16,17)18/h1-3H,(H,19,21). The highest BCUT2D eigenvalue weighted by atomic mass is 35.5. The molecule has 5 nitrogen and oxygen atoms in total. The van der Waals surface area contributed by atoms with Gasteiger partial charge in [0, 0.05) is 12.1 Å². The van der Waals surface area contributed by atoms with Crippen molar-refractivity contribution < 1.29 is 40.5 Å². The summed E-state index contributed by atoms with van der Waals surface area (Å²) in [4.78, 5) is 20.6. The van der Waals surface area contributed by atoms with Crippen LogP contribution in [-0.2, 0) is 4.79 Å². The number of nitrogens with zero attached hydrogens (tertiary/aromatic N) is 1. The Morgan fingerprint density at radius 2 is 1.57 bits per heavy atom. The van der Waals surface area contributed by atoms with Gasteiger partial charge in [0.05, 0.1) is 15.6 Å². The van der Waals surface area contributed by atoms with Crippen molar-refractivity contribution in [3.63, 3.8) is 0 Å². The SMILES string of the molecule is O=C(Nc1cc([N+](=O)[O-])ccc1Cl)C(F)(C(F)(F)F)C(F)(F)F. The molecule has 0 radical (unpaired) electrons. The summed E-state index contributed by atoms with van der Waals surface area (Å²) < 4.78 is 87.6. The van der Waals surface area contributed by atoms with Crippen molar-refractivity contribution >= 4 is 28.9 Å². The zero-order chi connectivity index (χ0) is 18.2. The topological polar surface area (TPSA) is 72.2 Å². The number of benzene rings is 1. The summed E-state index contributed by atoms with van der Waals surface area (Å²) in [6.45, 7) is 0. The van der Waals surface area contributed by atoms with Crippen LogP contribution in [0.4, 0.5) is 42.1 Å². The van der Waals surface area contributed by atoms with Gasteiger partial charge < -0.3 is 5.32 Å². The summed E-state index contributed by atoms with van der Waals surface area (Å²) in [5.74, 6) is -3.13. The van der Waals surface area contributed by atoms with Crippen LogP contribution in [0.1, 0.15) is 0 Å². The predicted octanol–water partition coefficient (Wildman–Crippen LogP) is 4.02. The third-order valence-electron chi connectivity index (χ3n) is 2.50. The van der Waals surface area contributed by atoms with E-state index in [-0.39, 0.29) is 0 Å². The first kappa shape index (κ1) is 18.9. The van der Waals surface area contributed by atoms with Gasteiger partial charge in [-0.1, -0.05) is 11.6 Å². The van der Waals surface area contributed by atoms with E-state index in [1.165, 1.54) is 0 Å². The van der Waals surface area contributed by atoms with Gasteiger partial charge in [0.1, 0.15) is 0 Å². The Balaban J connectivity index is 3.30. The number of non-ortho nitro benzene ring substituents is 1. The maximum Gasteiger partial charge on any atom is 0.441 e. The lowest BCUT2D eigenvalue weighted by atomic mass is 10.0. The van der Waals surface area contributed by atoms with E-state index in [0.29, 0.717) is 6.07 Å². The Labute approximate surface area is 127 Å². The van der Waals surface area contributed by atoms with E-state index in [1.54, 1.807) is 0 Å². The van der Waals surface area contributed by atoms with Gasteiger partial charge in [-0.2, -0.15) is 26.3 Å². The molecule has 1 N–H and O–H groups in total. The summed E-state index contributed by atoms with van der Waals surface area (Å²) in [5, 5.41) is 10.8. The zero-order valence-corrected chi connectivity index (χ0v) is 11.2. The van der Waals surface area contributed by atoms with E-state index in [9.17, 15) is 45.6 Å². The number of carbonyl (C=O) groups excluding carboxylic acids is 1. The van der Waals surface area contributed by atoms with Crippen LogP contribution in [0.15, 0.2) is 18.2 Å². The summed E-state index contributed by atoms with van der Waals surface area (Å²) in [6.07, 6.45) is -13.2. The lowest BCUT2D eigenvalue weighted by molar-refractivity contribution is -0.384. The van der Waals surface area contributed by atoms with Gasteiger partial charge in [-0.15, -0.1) is 0 Å². The minimum Gasteiger partial charge on any atom is -0.321 e. The highest BCUT2D eigenvalue weighted by Crippen LogP contribution is 2.47. The largest absolute Gasteiger partial charge is 0.441 e. The zero-order valence-electron chi connectivity index (χ0n) is 10.4. The number of halogens is 8. The molecule has 0 saturated carbocycles. The number of anilines is 1. The van der Waals surface area contributed by atoms with Crippen LogP contribution in [-0.4, -0.2) is 28.9 Å². The van der Waals surface area contributed by atoms with Crippen molar-refractivity contribution in [1.82, 2.24) is 0 Å². The van der Waals surface area contributed by atoms with Crippen molar-refractivity contribution in [2.75, 3.05) is 5.32 Å². The van der Waals surface area contributed by atoms with E-state index >= 15 is 0 Å². The first-order valence-electron chi connectivity index (χ1n) is 5.29. The van der Waals surface area contributed by atoms with Gasteiger partial charge in [-0.25, -0.2) is 4.39 Å². The molecule has 0 aliphatic heterocycles. The predicted molar refractivity (Wildman–Crippen MR) is 62.7 cm³/mol. The van der Waals surface area contributed by atoms with Crippen molar-refractivity contribution in [3.05, 3.63) is 33.3 Å². The molecule has 0 aromatic heterocycles. The quantitative estimate of drug-likeness (QED) is 0.497. The summed E-state index contributed by atoms with van der Waals surface area (Å²) in [7, 11) is 0. The molecule has 13 heteroatoms. The molecule has 1 aromatic rings. The molecular formula is C10H4ClF7N2O3. The number of carbonyl (C=O) groups is 1. The van der Waals surface area contributed by atoms with E-state index in [4.69, 9.17) is 11.6 Å². The van der Waals surface area contributed by atoms with Gasteiger partial charge in [0.2, 0.25) is 0 Å². The van der Waals surface area contributed by atoms with E-state index in [2.05, 4.69) is 0 Å². The second kappa shape index (κ2) is 5.83. The average Bonchev–Trinajstić information content (AvgIpc) is 2.37. The number of rotatable bonds is 3. The number of nitro groups is 1. The molecule has 0 bridgehead atoms. The number of amides is 1. The van der Waals surface area contributed by atoms with Crippen molar-refractivity contribution in [1.29, 1.82) is 0 Å². The molecule has 1 aromatic carbocycles. The fourth-order valence-electron chi connectivity index (χ4n) is 1.35. The molecule has 0 aliphatic carbocycles. The van der Waals surface area contributed by atoms with Crippen LogP contribution < -0.4 is 5.32 Å². The first-order valence-corrected chi connectivity index (χ1v) is 5.67. The summed E-state index contributed by atoms with van der Waals surface area (Å²) in [5.41, 5.74) is -8.00. The minimum absolute atomic E-state index is 0.382. The Hall–Kier alpha value is -2.11. The smallest absolute Gasteiger partial charge is 0.321 e. The Kier molecular flexibility index (Phi) is 4.80. The maximum atomic E-state index is 13.4. The first-order chi connectivity index (χ1) is 10.2. The fraction of sp³-hybridized carbons (Fsp3) is 0.300. The normalized spacial score (nSPS) is 12.9. The van der Waals surface area contributed by atoms with Crippen LogP contribution in [0.2, 0.25) is 5.02 Å². The van der Waals surface area contributed by atoms with Crippen LogP contribution >= 0.6 is 11.6 Å². The van der Waals surface area contributed by atoms with E-state index in [1.807, 2.05) is 0 Å². The minimum atomic E-state index is -6.61. The Morgan fingerprint density at radius 3 is 1.96 bits per heavy atom. The fourth-order valence-corrected chi connectivity index (χ4v) is 1.51. The van der Waals surface area contributed by atoms with Crippen LogP contribution in [0.5, 0.6) is 0 Å². The molecule has 0 aliphatic rings. The third kappa shape index (κ3) is 3.46. The number of hydrogen-bond acceptors (Lipinski definition) is 3. The molecule has 0 spiro atoms. The summed E-state index contributed by atoms with van der Waals surface area (Å²) in [6, 6.07) is 1.89. The molecule has 0 heterocycles. The highest BCUT2D eigenvalue weighted by molar-refractivity contribution is 6.33. The number of hydrogen-bond donors (Lipinski definition) is 1. The van der Waals surface area contributed by atoms with Crippen molar-refractivity contribution in [2.45, 2.75) is 18.0 Å². The molecule has 1 amide bonds. The van der Waals surface area contributed by atoms with Gasteiger partial charge >= 0.3 is 18.0 Å². The average molecular weight is 369 g/mol. The van der Waals surface area contributed by atoms with Crippen LogP contribution in [0.3, 0.4) is 0 Å². The van der Waals surface area contributed by atoms with E-state index < -0.39 is 45.2 Å². The van der Waals surface area contributed by atoms with Gasteiger partial charge in [-0.05, 0) is 6.07 Å². The molecule has 0 fully saturated rings. The Morgan fingerprint density at radius 1 is 1.09 bits per heavy atom. The van der Waals surface area contributed by atoms with Gasteiger partial charge in [0.25, 0.3) is 11.6 Å². The van der Waals surface area contributed by atoms with E-state index in [0.717, 1.165) is 17.4 Å². The van der Waals surface area contributed by atoms with Gasteiger partial charge in [0.15, 0.2) is 0 Å². The molecule has 0 atom stereocenters. The molecular weight excluding hydrogens is 365 g/mol. The van der Waals surface area contributed by atoms with Crippen molar-refractivity contribution in [2.24, 2.45) is 0 Å². The van der Waals surface area contributed by atoms with Crippen LogP contribution in [0.25, 0.3) is 0 Å². The maximum absolute atomic E-state index is 13.4. The lowest BCUT2D eigenvalue weighted by Crippen LogP contribution is -2.60. The van der Waals surface area contributed by atoms with Gasteiger partial charge in [-0.3, -0.25) is 14.9 Å². The monoisotopic (exact) mass is 368 g/mol. The molecule has 0 unspecified atom stereocenters. The Bertz CT molecular complexity index is 630. The second-order valence-electron chi connectivity index (χ2n) is 4.03. The number of nitro benzene ring substituents is 1. The van der Waals surface area contributed by atoms with Crippen LogP contribution in [0, 0.1) is 10.1 Å². The third-order valence-corrected chi connectivity index (χ3v) is 2.83. The summed E-state index contributed by atoms with van der Waals surface area (Å²) >= 11 is 5.40. The number of nitrogens with one attached hydrogen (secondary N) is 1. The highest BCUT2D eigenvalue weighted by Gasteiger charge is 2.77. The molecule has 23 heavy (non-hydrogen) atoms. The lowest BCUT2D eigenvalue weighted by Gasteiger charge is -2.28. The second-order valence-corrected chi connectivity index (χ2v) is 4.44.